The zero-order chi connectivity index (χ0) is 66.9. The molecule has 0 unspecified atom stereocenters. The van der Waals surface area contributed by atoms with Crippen LogP contribution >= 0.6 is 0 Å². The number of hydrogen-bond acceptors (Lipinski definition) is 13. The molecule has 0 aliphatic rings. The fourth-order valence-electron chi connectivity index (χ4n) is 12.7. The number of nitrogens with zero attached hydrogens (tertiary/aromatic N) is 9. The van der Waals surface area contributed by atoms with Crippen molar-refractivity contribution in [2.75, 3.05) is 0 Å². The van der Waals surface area contributed by atoms with Crippen LogP contribution in [0.25, 0.3) is 179 Å². The van der Waals surface area contributed by atoms with Gasteiger partial charge in [0.05, 0.1) is 27.1 Å². The van der Waals surface area contributed by atoms with Gasteiger partial charge in [0.2, 0.25) is 10.9 Å². The Balaban J connectivity index is 0.000000150. The summed E-state index contributed by atoms with van der Waals surface area (Å²) in [6.45, 7) is 0. The van der Waals surface area contributed by atoms with Gasteiger partial charge in [0, 0.05) is 69.8 Å². The molecule has 0 bridgehead atoms. The Hall–Kier alpha value is -13.9. The normalized spacial score (nSPS) is 11.3. The lowest BCUT2D eigenvalue weighted by atomic mass is 9.95. The number of fused-ring (bicyclic) bond motifs is 5. The molecule has 0 saturated heterocycles. The lowest BCUT2D eigenvalue weighted by Crippen LogP contribution is -2.01. The second-order valence-electron chi connectivity index (χ2n) is 24.0. The number of aromatic nitrogens is 9. The molecule has 0 atom stereocenters. The topological polar surface area (TPSA) is 176 Å². The van der Waals surface area contributed by atoms with Gasteiger partial charge in [0.1, 0.15) is 22.3 Å². The van der Waals surface area contributed by atoms with Crippen LogP contribution in [0.15, 0.2) is 341 Å². The quantitative estimate of drug-likeness (QED) is 0.112. The molecule has 0 spiro atoms. The predicted molar refractivity (Wildman–Crippen MR) is 397 cm³/mol. The predicted octanol–water partition coefficient (Wildman–Crippen LogP) is 19.9. The lowest BCUT2D eigenvalue weighted by Gasteiger charge is -2.13. The van der Waals surface area contributed by atoms with E-state index in [1.807, 2.05) is 219 Å². The van der Waals surface area contributed by atoms with Crippen molar-refractivity contribution >= 4 is 54.8 Å². The summed E-state index contributed by atoms with van der Waals surface area (Å²) < 4.78 is 12.3. The van der Waals surface area contributed by atoms with E-state index in [0.717, 1.165) is 99.9 Å². The minimum absolute atomic E-state index is 0.0254. The van der Waals surface area contributed by atoms with E-state index in [9.17, 15) is 9.59 Å². The third-order valence-electron chi connectivity index (χ3n) is 17.7. The van der Waals surface area contributed by atoms with Crippen molar-refractivity contribution < 1.29 is 8.83 Å². The van der Waals surface area contributed by atoms with Gasteiger partial charge in [-0.15, -0.1) is 0 Å². The molecule has 13 nitrogen and oxygen atoms in total. The minimum atomic E-state index is -0.0344. The van der Waals surface area contributed by atoms with Crippen LogP contribution in [0.1, 0.15) is 0 Å². The molecule has 470 valence electrons. The highest BCUT2D eigenvalue weighted by Crippen LogP contribution is 2.38. The Morgan fingerprint density at radius 3 is 1.21 bits per heavy atom. The molecule has 0 aliphatic carbocycles. The second kappa shape index (κ2) is 26.0. The molecule has 0 radical (unpaired) electrons. The highest BCUT2D eigenvalue weighted by molar-refractivity contribution is 5.95. The fourth-order valence-corrected chi connectivity index (χ4v) is 12.7. The van der Waals surface area contributed by atoms with Crippen LogP contribution < -0.4 is 10.9 Å². The second-order valence-corrected chi connectivity index (χ2v) is 24.0. The van der Waals surface area contributed by atoms with Crippen molar-refractivity contribution in [3.63, 3.8) is 0 Å². The minimum Gasteiger partial charge on any atom is -0.456 e. The summed E-state index contributed by atoms with van der Waals surface area (Å²) in [7, 11) is 0. The molecule has 7 aromatic heterocycles. The van der Waals surface area contributed by atoms with E-state index in [0.29, 0.717) is 78.8 Å². The summed E-state index contributed by atoms with van der Waals surface area (Å²) in [5.74, 6) is 3.38. The molecular formula is C87H53N9O4. The molecule has 100 heavy (non-hydrogen) atoms. The highest BCUT2D eigenvalue weighted by Gasteiger charge is 2.20. The SMILES string of the molecule is O=c1c2ccccc2oc2cc(-c3cccc(-c4cccc(-c5nc(-c6ccccc6)nc(-c6cccc7cccnc67)n5)c4)c3)ccc12.O=c1c2ccccc2oc2cc(-c3cccc(-c4ccccc4-c4nc(-c5ccc(-c6cccnc6)cc5)nc(-c5cccnc5)n4)c3)ccc12. The first-order valence-electron chi connectivity index (χ1n) is 32.5. The van der Waals surface area contributed by atoms with Gasteiger partial charge in [-0.05, 0) is 153 Å². The molecule has 18 aromatic rings. The number of para-hydroxylation sites is 3. The van der Waals surface area contributed by atoms with E-state index in [-0.39, 0.29) is 10.9 Å². The maximum Gasteiger partial charge on any atom is 0.200 e. The Kier molecular flexibility index (Phi) is 15.6. The van der Waals surface area contributed by atoms with Gasteiger partial charge >= 0.3 is 0 Å². The molecular weight excluding hydrogens is 1240 g/mol. The maximum absolute atomic E-state index is 13.2. The monoisotopic (exact) mass is 1290 g/mol. The van der Waals surface area contributed by atoms with E-state index >= 15 is 0 Å². The van der Waals surface area contributed by atoms with Crippen LogP contribution in [0, 0.1) is 0 Å². The van der Waals surface area contributed by atoms with Crippen LogP contribution in [-0.2, 0) is 0 Å². The number of benzene rings is 11. The van der Waals surface area contributed by atoms with Crippen LogP contribution in [0.4, 0.5) is 0 Å². The first kappa shape index (κ1) is 59.8. The molecule has 0 saturated carbocycles. The lowest BCUT2D eigenvalue weighted by molar-refractivity contribution is 0.659. The molecule has 7 heterocycles. The van der Waals surface area contributed by atoms with Crippen LogP contribution in [-0.4, -0.2) is 44.9 Å². The third-order valence-corrected chi connectivity index (χ3v) is 17.7. The zero-order valence-corrected chi connectivity index (χ0v) is 53.3. The van der Waals surface area contributed by atoms with Gasteiger partial charge in [0.25, 0.3) is 0 Å². The summed E-state index contributed by atoms with van der Waals surface area (Å²) >= 11 is 0. The standard InChI is InChI=1S/C44H27N5O2.C43H26N4O2/c50-41-37-14-3-4-15-39(37)51-40-25-31(20-21-38(40)41)30-8-5-9-32(24-30)35-12-1-2-13-36(35)44-48-42(47-43(49-44)34-11-7-23-46-27-34)29-18-16-28(17-19-29)33-10-6-22-45-26-33;48-40-34-18-4-5-20-37(34)49-38-26-32(21-22-35(38)40)30-14-6-13-29(24-30)31-15-7-16-33(25-31)42-45-41(28-10-2-1-3-11-28)46-43(47-42)36-19-8-12-27-17-9-23-44-39(27)36/h1-27H;1-26H. The molecule has 0 fully saturated rings. The van der Waals surface area contributed by atoms with Crippen molar-refractivity contribution in [2.45, 2.75) is 0 Å². The molecule has 0 amide bonds. The summed E-state index contributed by atoms with van der Waals surface area (Å²) in [5, 5.41) is 3.30. The Bertz CT molecular complexity index is 6280. The number of pyridine rings is 3. The molecule has 11 aromatic carbocycles. The average molecular weight is 1290 g/mol. The van der Waals surface area contributed by atoms with Gasteiger partial charge in [-0.1, -0.05) is 194 Å². The van der Waals surface area contributed by atoms with Crippen molar-refractivity contribution in [1.82, 2.24) is 44.9 Å². The number of hydrogen-bond donors (Lipinski definition) is 0. The van der Waals surface area contributed by atoms with Crippen molar-refractivity contribution in [3.8, 4) is 124 Å². The molecule has 0 aliphatic heterocycles. The van der Waals surface area contributed by atoms with Gasteiger partial charge < -0.3 is 8.83 Å². The van der Waals surface area contributed by atoms with E-state index in [1.54, 1.807) is 36.9 Å². The van der Waals surface area contributed by atoms with E-state index in [4.69, 9.17) is 38.7 Å². The van der Waals surface area contributed by atoms with Gasteiger partial charge in [-0.3, -0.25) is 24.5 Å². The summed E-state index contributed by atoms with van der Waals surface area (Å²) in [4.78, 5) is 69.3. The Morgan fingerprint density at radius 1 is 0.230 bits per heavy atom. The van der Waals surface area contributed by atoms with Crippen molar-refractivity contribution in [1.29, 1.82) is 0 Å². The summed E-state index contributed by atoms with van der Waals surface area (Å²) in [6.07, 6.45) is 8.90. The van der Waals surface area contributed by atoms with E-state index in [2.05, 4.69) is 81.7 Å². The zero-order valence-electron chi connectivity index (χ0n) is 53.3. The third kappa shape index (κ3) is 11.8. The van der Waals surface area contributed by atoms with E-state index < -0.39 is 0 Å². The smallest absolute Gasteiger partial charge is 0.200 e. The van der Waals surface area contributed by atoms with Crippen molar-refractivity contribution in [3.05, 3.63) is 343 Å². The highest BCUT2D eigenvalue weighted by atomic mass is 16.3. The first-order chi connectivity index (χ1) is 49.3. The average Bonchev–Trinajstić information content (AvgIpc) is 0.788. The fraction of sp³-hybridized carbons (Fsp3) is 0. The Morgan fingerprint density at radius 2 is 0.610 bits per heavy atom. The first-order valence-corrected chi connectivity index (χ1v) is 32.5. The largest absolute Gasteiger partial charge is 0.456 e. The van der Waals surface area contributed by atoms with E-state index in [1.165, 1.54) is 0 Å². The van der Waals surface area contributed by atoms with Gasteiger partial charge in [-0.25, -0.2) is 29.9 Å². The van der Waals surface area contributed by atoms with Crippen molar-refractivity contribution in [2.24, 2.45) is 0 Å². The summed E-state index contributed by atoms with van der Waals surface area (Å²) in [5.41, 5.74) is 18.2. The summed E-state index contributed by atoms with van der Waals surface area (Å²) in [6, 6.07) is 95.2. The molecule has 18 rings (SSSR count). The number of rotatable bonds is 11. The van der Waals surface area contributed by atoms with Crippen LogP contribution in [0.2, 0.25) is 0 Å². The van der Waals surface area contributed by atoms with Crippen LogP contribution in [0.5, 0.6) is 0 Å². The molecule has 13 heteroatoms. The van der Waals surface area contributed by atoms with Gasteiger partial charge in [-0.2, -0.15) is 0 Å². The Labute approximate surface area is 571 Å². The molecule has 0 N–H and O–H groups in total. The maximum atomic E-state index is 13.2. The van der Waals surface area contributed by atoms with Crippen LogP contribution in [0.3, 0.4) is 0 Å². The van der Waals surface area contributed by atoms with Gasteiger partial charge in [0.15, 0.2) is 34.9 Å².